The van der Waals surface area contributed by atoms with Gasteiger partial charge >= 0.3 is 6.03 Å². The third-order valence-electron chi connectivity index (χ3n) is 5.17. The highest BCUT2D eigenvalue weighted by molar-refractivity contribution is 7.99. The number of unbranched alkanes of at least 4 members (excludes halogenated alkanes) is 9. The zero-order valence-electron chi connectivity index (χ0n) is 18.9. The van der Waals surface area contributed by atoms with Crippen molar-refractivity contribution in [3.05, 3.63) is 30.1 Å². The molecule has 0 aliphatic carbocycles. The fourth-order valence-electron chi connectivity index (χ4n) is 3.43. The largest absolute Gasteiger partial charge is 0.322 e. The molecule has 3 nitrogen and oxygen atoms in total. The Morgan fingerprint density at radius 3 is 2.10 bits per heavy atom. The van der Waals surface area contributed by atoms with Crippen LogP contribution in [-0.2, 0) is 0 Å². The fourth-order valence-corrected chi connectivity index (χ4v) is 4.74. The molecule has 5 heteroatoms. The first-order valence-corrected chi connectivity index (χ1v) is 12.4. The van der Waals surface area contributed by atoms with E-state index in [0.717, 1.165) is 5.75 Å². The maximum atomic E-state index is 13.8. The Bertz CT molecular complexity index is 568. The van der Waals surface area contributed by atoms with Gasteiger partial charge in [0.15, 0.2) is 0 Å². The molecule has 0 heterocycles. The van der Waals surface area contributed by atoms with E-state index in [4.69, 9.17) is 0 Å². The second-order valence-electron chi connectivity index (χ2n) is 8.21. The molecule has 0 spiro atoms. The van der Waals surface area contributed by atoms with Gasteiger partial charge in [-0.3, -0.25) is 0 Å². The van der Waals surface area contributed by atoms with Crippen molar-refractivity contribution in [2.24, 2.45) is 5.92 Å². The van der Waals surface area contributed by atoms with Crippen LogP contribution in [0.4, 0.5) is 14.9 Å². The van der Waals surface area contributed by atoms with E-state index in [1.807, 2.05) is 11.8 Å². The number of thioether (sulfide) groups is 1. The highest BCUT2D eigenvalue weighted by Crippen LogP contribution is 2.25. The molecule has 0 saturated heterocycles. The van der Waals surface area contributed by atoms with Gasteiger partial charge < -0.3 is 10.2 Å². The monoisotopic (exact) mass is 424 g/mol. The number of para-hydroxylation sites is 1. The lowest BCUT2D eigenvalue weighted by molar-refractivity contribution is 0.210. The number of anilines is 1. The van der Waals surface area contributed by atoms with Gasteiger partial charge in [-0.2, -0.15) is 0 Å². The van der Waals surface area contributed by atoms with Crippen molar-refractivity contribution in [1.82, 2.24) is 4.90 Å². The number of carbonyl (C=O) groups is 1. The van der Waals surface area contributed by atoms with Gasteiger partial charge in [0.2, 0.25) is 0 Å². The zero-order chi connectivity index (χ0) is 21.5. The molecule has 1 atom stereocenters. The third kappa shape index (κ3) is 10.9. The number of benzene rings is 1. The van der Waals surface area contributed by atoms with Crippen LogP contribution >= 0.6 is 11.8 Å². The maximum absolute atomic E-state index is 13.8. The molecule has 1 aromatic rings. The van der Waals surface area contributed by atoms with Crippen LogP contribution in [0.3, 0.4) is 0 Å². The molecular formula is C24H41FN2OS. The first-order valence-electron chi connectivity index (χ1n) is 11.4. The lowest BCUT2D eigenvalue weighted by Crippen LogP contribution is -2.41. The number of hydrogen-bond acceptors (Lipinski definition) is 2. The van der Waals surface area contributed by atoms with Crippen LogP contribution in [-0.4, -0.2) is 29.1 Å². The number of hydrogen-bond donors (Lipinski definition) is 1. The van der Waals surface area contributed by atoms with Gasteiger partial charge in [-0.05, 0) is 30.2 Å². The van der Waals surface area contributed by atoms with Crippen molar-refractivity contribution in [3.8, 4) is 0 Å². The summed E-state index contributed by atoms with van der Waals surface area (Å²) in [6.07, 6.45) is 13.3. The van der Waals surface area contributed by atoms with Gasteiger partial charge in [-0.15, -0.1) is 11.8 Å². The van der Waals surface area contributed by atoms with Crippen LogP contribution in [0.2, 0.25) is 0 Å². The molecule has 1 aromatic carbocycles. The summed E-state index contributed by atoms with van der Waals surface area (Å²) in [5, 5.41) is 2.77. The minimum atomic E-state index is -0.409. The van der Waals surface area contributed by atoms with Gasteiger partial charge in [0.05, 0.1) is 11.1 Å². The van der Waals surface area contributed by atoms with Gasteiger partial charge in [0.25, 0.3) is 0 Å². The van der Waals surface area contributed by atoms with E-state index in [2.05, 4.69) is 26.1 Å². The van der Waals surface area contributed by atoms with E-state index in [9.17, 15) is 9.18 Å². The summed E-state index contributed by atoms with van der Waals surface area (Å²) in [6, 6.07) is 6.02. The Hall–Kier alpha value is -1.23. The van der Waals surface area contributed by atoms with Crippen LogP contribution < -0.4 is 5.32 Å². The zero-order valence-corrected chi connectivity index (χ0v) is 19.7. The van der Waals surface area contributed by atoms with Crippen LogP contribution in [0, 0.1) is 11.7 Å². The highest BCUT2D eigenvalue weighted by atomic mass is 32.2. The van der Waals surface area contributed by atoms with E-state index in [0.29, 0.717) is 5.92 Å². The summed E-state index contributed by atoms with van der Waals surface area (Å²) in [4.78, 5) is 14.3. The minimum Gasteiger partial charge on any atom is -0.315 e. The number of carbonyl (C=O) groups excluding carboxylic acids is 1. The fraction of sp³-hybridized carbons (Fsp3) is 0.708. The average Bonchev–Trinajstić information content (AvgIpc) is 2.70. The van der Waals surface area contributed by atoms with E-state index >= 15 is 0 Å². The van der Waals surface area contributed by atoms with E-state index in [1.165, 1.54) is 70.3 Å². The smallest absolute Gasteiger partial charge is 0.315 e. The first-order chi connectivity index (χ1) is 14.0. The van der Waals surface area contributed by atoms with Crippen molar-refractivity contribution >= 4 is 23.5 Å². The minimum absolute atomic E-state index is 0.0836. The number of amides is 2. The van der Waals surface area contributed by atoms with Crippen molar-refractivity contribution in [3.63, 3.8) is 0 Å². The summed E-state index contributed by atoms with van der Waals surface area (Å²) < 4.78 is 13.8. The Kier molecular flexibility index (Phi) is 13.9. The Morgan fingerprint density at radius 2 is 1.55 bits per heavy atom. The predicted octanol–water partition coefficient (Wildman–Crippen LogP) is 7.93. The number of rotatable bonds is 15. The third-order valence-corrected chi connectivity index (χ3v) is 6.90. The summed E-state index contributed by atoms with van der Waals surface area (Å²) in [5.74, 6) is 0.976. The van der Waals surface area contributed by atoms with Crippen molar-refractivity contribution < 1.29 is 9.18 Å². The standard InChI is InChI=1S/C24H41FN2OS/c1-5-6-7-8-9-10-11-12-13-16-19-29-23(20(2)3)27(4)24(28)26-22-18-15-14-17-21(22)25/h14-15,17-18,20,23H,5-13,16,19H2,1-4H3,(H,26,28). The quantitative estimate of drug-likeness (QED) is 0.229. The molecule has 0 radical (unpaired) electrons. The van der Waals surface area contributed by atoms with Crippen LogP contribution in [0.5, 0.6) is 0 Å². The van der Waals surface area contributed by atoms with Crippen LogP contribution in [0.15, 0.2) is 24.3 Å². The molecule has 0 aliphatic heterocycles. The Balaban J connectivity index is 2.25. The predicted molar refractivity (Wildman–Crippen MR) is 126 cm³/mol. The molecule has 0 bridgehead atoms. The Labute approximate surface area is 182 Å². The normalized spacial score (nSPS) is 12.2. The van der Waals surface area contributed by atoms with Crippen LogP contribution in [0.25, 0.3) is 0 Å². The molecule has 0 saturated carbocycles. The second-order valence-corrected chi connectivity index (χ2v) is 9.43. The molecule has 2 amide bonds. The lowest BCUT2D eigenvalue weighted by atomic mass is 10.1. The van der Waals surface area contributed by atoms with Crippen LogP contribution in [0.1, 0.15) is 85.0 Å². The molecule has 1 N–H and O–H groups in total. The first kappa shape index (κ1) is 25.8. The van der Waals surface area contributed by atoms with Gasteiger partial charge in [0, 0.05) is 7.05 Å². The van der Waals surface area contributed by atoms with Gasteiger partial charge in [-0.25, -0.2) is 9.18 Å². The molecule has 29 heavy (non-hydrogen) atoms. The SMILES string of the molecule is CCCCCCCCCCCCSC(C(C)C)N(C)C(=O)Nc1ccccc1F. The number of halogens is 1. The number of urea groups is 1. The summed E-state index contributed by atoms with van der Waals surface area (Å²) in [6.45, 7) is 6.52. The topological polar surface area (TPSA) is 32.3 Å². The van der Waals surface area contributed by atoms with Crippen molar-refractivity contribution in [2.45, 2.75) is 90.4 Å². The number of nitrogens with zero attached hydrogens (tertiary/aromatic N) is 1. The second kappa shape index (κ2) is 15.6. The average molecular weight is 425 g/mol. The van der Waals surface area contributed by atoms with Gasteiger partial charge in [0.1, 0.15) is 5.82 Å². The number of nitrogens with one attached hydrogen (secondary N) is 1. The molecule has 0 aromatic heterocycles. The molecular weight excluding hydrogens is 383 g/mol. The van der Waals surface area contributed by atoms with Gasteiger partial charge in [-0.1, -0.05) is 90.7 Å². The molecule has 0 aliphatic rings. The van der Waals surface area contributed by atoms with Crippen molar-refractivity contribution in [1.29, 1.82) is 0 Å². The summed E-state index contributed by atoms with van der Waals surface area (Å²) in [5.41, 5.74) is 0.228. The molecule has 1 unspecified atom stereocenters. The van der Waals surface area contributed by atoms with E-state index < -0.39 is 5.82 Å². The summed E-state index contributed by atoms with van der Waals surface area (Å²) >= 11 is 1.83. The van der Waals surface area contributed by atoms with E-state index in [-0.39, 0.29) is 17.1 Å². The van der Waals surface area contributed by atoms with E-state index in [1.54, 1.807) is 30.1 Å². The lowest BCUT2D eigenvalue weighted by Gasteiger charge is -2.31. The molecule has 1 rings (SSSR count). The summed E-state index contributed by atoms with van der Waals surface area (Å²) in [7, 11) is 1.80. The maximum Gasteiger partial charge on any atom is 0.322 e. The molecule has 0 fully saturated rings. The Morgan fingerprint density at radius 1 is 1.00 bits per heavy atom. The highest BCUT2D eigenvalue weighted by Gasteiger charge is 2.23. The molecule has 166 valence electrons. The van der Waals surface area contributed by atoms with Crippen molar-refractivity contribution in [2.75, 3.05) is 18.1 Å².